The Kier molecular flexibility index (Phi) is 4.44. The van der Waals surface area contributed by atoms with Crippen LogP contribution in [0.25, 0.3) is 11.1 Å². The van der Waals surface area contributed by atoms with Crippen molar-refractivity contribution in [2.75, 3.05) is 0 Å². The van der Waals surface area contributed by atoms with Gasteiger partial charge >= 0.3 is 7.12 Å². The van der Waals surface area contributed by atoms with Crippen molar-refractivity contribution in [2.24, 2.45) is 0 Å². The predicted octanol–water partition coefficient (Wildman–Crippen LogP) is 6.33. The summed E-state index contributed by atoms with van der Waals surface area (Å²) in [7, 11) is -0.494. The summed E-state index contributed by atoms with van der Waals surface area (Å²) in [6.45, 7) is 8.27. The highest BCUT2D eigenvalue weighted by Gasteiger charge is 2.54. The summed E-state index contributed by atoms with van der Waals surface area (Å²) in [5, 5.41) is 9.84. The van der Waals surface area contributed by atoms with Crippen LogP contribution in [0.5, 0.6) is 11.5 Å². The normalized spacial score (nSPS) is 21.4. The minimum absolute atomic E-state index is 0.442. The Morgan fingerprint density at radius 2 is 1.30 bits per heavy atom. The molecule has 1 atom stereocenters. The van der Waals surface area contributed by atoms with Gasteiger partial charge in [-0.05, 0) is 79.7 Å². The van der Waals surface area contributed by atoms with E-state index in [2.05, 4.69) is 82.3 Å². The van der Waals surface area contributed by atoms with Gasteiger partial charge in [-0.3, -0.25) is 0 Å². The Hall–Kier alpha value is -3.85. The van der Waals surface area contributed by atoms with Gasteiger partial charge in [0.25, 0.3) is 0 Å². The van der Waals surface area contributed by atoms with E-state index in [1.165, 1.54) is 11.1 Å². The first-order chi connectivity index (χ1) is 17.8. The lowest BCUT2D eigenvalue weighted by molar-refractivity contribution is 0.00578. The Balaban J connectivity index is 1.55. The maximum Gasteiger partial charge on any atom is 0.494 e. The molecule has 1 spiro atoms. The molecule has 37 heavy (non-hydrogen) atoms. The van der Waals surface area contributed by atoms with Gasteiger partial charge in [-0.2, -0.15) is 5.26 Å². The van der Waals surface area contributed by atoms with Crippen LogP contribution < -0.4 is 10.2 Å². The summed E-state index contributed by atoms with van der Waals surface area (Å²) in [5.74, 6) is 1.62. The molecule has 0 aromatic heterocycles. The second-order valence-corrected chi connectivity index (χ2v) is 11.1. The standard InChI is InChI=1S/C32H26BNO3/c1-30(2)31(3,4)37-33(36-30)21-14-16-29-27(18-21)32(25-11-7-8-12-28(25)35-29)24-10-6-5-9-22(24)23-15-13-20(19-34)17-26(23)32/h5-18H,1-4H3. The van der Waals surface area contributed by atoms with Crippen molar-refractivity contribution in [1.29, 1.82) is 5.26 Å². The van der Waals surface area contributed by atoms with Crippen LogP contribution in [0, 0.1) is 11.3 Å². The van der Waals surface area contributed by atoms with Crippen molar-refractivity contribution in [3.63, 3.8) is 0 Å². The van der Waals surface area contributed by atoms with Crippen molar-refractivity contribution in [3.8, 4) is 28.7 Å². The van der Waals surface area contributed by atoms with Gasteiger partial charge < -0.3 is 14.0 Å². The molecule has 0 amide bonds. The molecule has 0 radical (unpaired) electrons. The fraction of sp³-hybridized carbons (Fsp3) is 0.219. The van der Waals surface area contributed by atoms with Crippen LogP contribution in [0.1, 0.15) is 55.5 Å². The molecule has 2 heterocycles. The molecule has 3 aliphatic rings. The van der Waals surface area contributed by atoms with E-state index < -0.39 is 23.7 Å². The van der Waals surface area contributed by atoms with E-state index in [0.29, 0.717) is 5.56 Å². The average molecular weight is 483 g/mol. The summed E-state index contributed by atoms with van der Waals surface area (Å²) in [4.78, 5) is 0. The molecule has 0 bridgehead atoms. The third kappa shape index (κ3) is 2.86. The van der Waals surface area contributed by atoms with Gasteiger partial charge in [0.2, 0.25) is 0 Å². The molecule has 1 aliphatic carbocycles. The Morgan fingerprint density at radius 1 is 0.649 bits per heavy atom. The van der Waals surface area contributed by atoms with E-state index in [-0.39, 0.29) is 0 Å². The number of nitrogens with zero attached hydrogens (tertiary/aromatic N) is 1. The molecular formula is C32H26BNO3. The molecule has 0 saturated carbocycles. The highest BCUT2D eigenvalue weighted by molar-refractivity contribution is 6.62. The third-order valence-electron chi connectivity index (χ3n) is 8.62. The zero-order valence-corrected chi connectivity index (χ0v) is 21.3. The van der Waals surface area contributed by atoms with Crippen LogP contribution in [-0.4, -0.2) is 18.3 Å². The second-order valence-electron chi connectivity index (χ2n) is 11.1. The number of rotatable bonds is 1. The quantitative estimate of drug-likeness (QED) is 0.257. The van der Waals surface area contributed by atoms with E-state index in [1.807, 2.05) is 36.4 Å². The summed E-state index contributed by atoms with van der Waals surface area (Å²) in [5.41, 5.74) is 6.74. The van der Waals surface area contributed by atoms with Crippen molar-refractivity contribution < 1.29 is 14.0 Å². The Labute approximate surface area is 217 Å². The van der Waals surface area contributed by atoms with E-state index in [9.17, 15) is 5.26 Å². The largest absolute Gasteiger partial charge is 0.494 e. The number of ether oxygens (including phenoxy) is 1. The van der Waals surface area contributed by atoms with Gasteiger partial charge in [-0.25, -0.2) is 0 Å². The summed E-state index contributed by atoms with van der Waals surface area (Å²) in [6.07, 6.45) is 0. The van der Waals surface area contributed by atoms with Crippen molar-refractivity contribution >= 4 is 12.6 Å². The van der Waals surface area contributed by atoms with Crippen molar-refractivity contribution in [2.45, 2.75) is 44.3 Å². The smallest absolute Gasteiger partial charge is 0.457 e. The maximum absolute atomic E-state index is 9.84. The number of hydrogen-bond donors (Lipinski definition) is 0. The molecule has 5 heteroatoms. The summed E-state index contributed by atoms with van der Waals surface area (Å²) >= 11 is 0. The van der Waals surface area contributed by atoms with Crippen LogP contribution in [0.4, 0.5) is 0 Å². The van der Waals surface area contributed by atoms with Crippen LogP contribution in [0.15, 0.2) is 84.9 Å². The first-order valence-corrected chi connectivity index (χ1v) is 12.7. The minimum Gasteiger partial charge on any atom is -0.457 e. The van der Waals surface area contributed by atoms with Crippen molar-refractivity contribution in [1.82, 2.24) is 0 Å². The zero-order valence-electron chi connectivity index (χ0n) is 21.3. The van der Waals surface area contributed by atoms with Gasteiger partial charge in [-0.15, -0.1) is 0 Å². The first kappa shape index (κ1) is 22.4. The number of benzene rings is 4. The minimum atomic E-state index is -0.636. The first-order valence-electron chi connectivity index (χ1n) is 12.7. The van der Waals surface area contributed by atoms with Gasteiger partial charge in [0.15, 0.2) is 0 Å². The Morgan fingerprint density at radius 3 is 2.05 bits per heavy atom. The van der Waals surface area contributed by atoms with Crippen molar-refractivity contribution in [3.05, 3.63) is 113 Å². The van der Waals surface area contributed by atoms with Crippen LogP contribution >= 0.6 is 0 Å². The SMILES string of the molecule is CC1(C)OB(c2ccc3c(c2)C2(c4ccccc4O3)c3ccccc3-c3ccc(C#N)cc32)OC1(C)C. The predicted molar refractivity (Wildman–Crippen MR) is 144 cm³/mol. The number of hydrogen-bond acceptors (Lipinski definition) is 4. The lowest BCUT2D eigenvalue weighted by Gasteiger charge is -2.39. The summed E-state index contributed by atoms with van der Waals surface area (Å²) in [6, 6.07) is 31.4. The summed E-state index contributed by atoms with van der Waals surface area (Å²) < 4.78 is 19.4. The zero-order chi connectivity index (χ0) is 25.6. The maximum atomic E-state index is 9.84. The molecule has 4 aromatic carbocycles. The fourth-order valence-electron chi connectivity index (χ4n) is 6.11. The molecular weight excluding hydrogens is 457 g/mol. The monoisotopic (exact) mass is 483 g/mol. The molecule has 4 nitrogen and oxygen atoms in total. The van der Waals surface area contributed by atoms with Gasteiger partial charge in [0, 0.05) is 11.1 Å². The number of nitriles is 1. The van der Waals surface area contributed by atoms with Gasteiger partial charge in [0.05, 0.1) is 28.2 Å². The number of para-hydroxylation sites is 1. The van der Waals surface area contributed by atoms with E-state index in [4.69, 9.17) is 14.0 Å². The van der Waals surface area contributed by atoms with Crippen LogP contribution in [-0.2, 0) is 14.7 Å². The molecule has 1 fully saturated rings. The molecule has 1 unspecified atom stereocenters. The molecule has 180 valence electrons. The van der Waals surface area contributed by atoms with E-state index >= 15 is 0 Å². The van der Waals surface area contributed by atoms with Gasteiger partial charge in [0.1, 0.15) is 11.5 Å². The molecule has 4 aromatic rings. The van der Waals surface area contributed by atoms with Crippen LogP contribution in [0.2, 0.25) is 0 Å². The molecule has 7 rings (SSSR count). The lowest BCUT2D eigenvalue weighted by Crippen LogP contribution is -2.41. The highest BCUT2D eigenvalue weighted by atomic mass is 16.7. The topological polar surface area (TPSA) is 51.5 Å². The van der Waals surface area contributed by atoms with E-state index in [1.54, 1.807) is 0 Å². The molecule has 1 saturated heterocycles. The fourth-order valence-corrected chi connectivity index (χ4v) is 6.11. The third-order valence-corrected chi connectivity index (χ3v) is 8.62. The Bertz CT molecular complexity index is 1630. The van der Waals surface area contributed by atoms with Gasteiger partial charge in [-0.1, -0.05) is 60.7 Å². The molecule has 2 aliphatic heterocycles. The average Bonchev–Trinajstić information content (AvgIpc) is 3.31. The second kappa shape index (κ2) is 7.35. The van der Waals surface area contributed by atoms with Crippen LogP contribution in [0.3, 0.4) is 0 Å². The number of fused-ring (bicyclic) bond motifs is 9. The highest BCUT2D eigenvalue weighted by Crippen LogP contribution is 2.61. The van der Waals surface area contributed by atoms with E-state index in [0.717, 1.165) is 39.2 Å². The molecule has 0 N–H and O–H groups in total. The lowest BCUT2D eigenvalue weighted by atomic mass is 9.64.